The number of aryl methyl sites for hydroxylation is 1. The molecule has 0 unspecified atom stereocenters. The smallest absolute Gasteiger partial charge is 0.309 e. The first-order valence-electron chi connectivity index (χ1n) is 5.33. The van der Waals surface area contributed by atoms with Gasteiger partial charge in [0, 0.05) is 6.42 Å². The molecule has 0 fully saturated rings. The molecular weight excluding hydrogens is 207 g/mol. The van der Waals surface area contributed by atoms with Crippen molar-refractivity contribution in [2.24, 2.45) is 5.41 Å². The van der Waals surface area contributed by atoms with Gasteiger partial charge in [0.05, 0.1) is 12.1 Å². The topological polar surface area (TPSA) is 37.3 Å². The number of carboxylic acid groups (broad SMARTS) is 1. The lowest BCUT2D eigenvalue weighted by molar-refractivity contribution is -0.146. The maximum atomic E-state index is 12.2. The number of halogens is 1. The third-order valence-corrected chi connectivity index (χ3v) is 2.60. The molecule has 0 aliphatic heterocycles. The van der Waals surface area contributed by atoms with Crippen molar-refractivity contribution in [2.45, 2.75) is 26.7 Å². The van der Waals surface area contributed by atoms with Gasteiger partial charge in [-0.25, -0.2) is 0 Å². The van der Waals surface area contributed by atoms with Gasteiger partial charge in [-0.1, -0.05) is 24.3 Å². The van der Waals surface area contributed by atoms with E-state index in [9.17, 15) is 9.18 Å². The SMILES string of the molecule is CC(C)(Cc1cccc(CCF)c1)C(=O)O. The Morgan fingerprint density at radius 2 is 2.00 bits per heavy atom. The Kier molecular flexibility index (Phi) is 4.05. The zero-order chi connectivity index (χ0) is 12.2. The van der Waals surface area contributed by atoms with Gasteiger partial charge < -0.3 is 5.11 Å². The molecule has 1 rings (SSSR count). The minimum absolute atomic E-state index is 0.383. The van der Waals surface area contributed by atoms with E-state index in [1.165, 1.54) is 0 Å². The highest BCUT2D eigenvalue weighted by molar-refractivity contribution is 5.74. The quantitative estimate of drug-likeness (QED) is 0.835. The second-order valence-corrected chi connectivity index (χ2v) is 4.62. The summed E-state index contributed by atoms with van der Waals surface area (Å²) in [6.45, 7) is 3.00. The van der Waals surface area contributed by atoms with Crippen LogP contribution in [0.3, 0.4) is 0 Å². The molecule has 16 heavy (non-hydrogen) atoms. The fraction of sp³-hybridized carbons (Fsp3) is 0.462. The Labute approximate surface area is 95.1 Å². The van der Waals surface area contributed by atoms with Gasteiger partial charge in [0.1, 0.15) is 0 Å². The van der Waals surface area contributed by atoms with Gasteiger partial charge in [0.15, 0.2) is 0 Å². The van der Waals surface area contributed by atoms with E-state index < -0.39 is 11.4 Å². The van der Waals surface area contributed by atoms with Crippen molar-refractivity contribution in [3.8, 4) is 0 Å². The minimum atomic E-state index is -0.816. The highest BCUT2D eigenvalue weighted by Crippen LogP contribution is 2.22. The Hall–Kier alpha value is -1.38. The molecular formula is C13H17FO2. The number of alkyl halides is 1. The Morgan fingerprint density at radius 3 is 2.56 bits per heavy atom. The minimum Gasteiger partial charge on any atom is -0.481 e. The molecule has 0 saturated carbocycles. The lowest BCUT2D eigenvalue weighted by atomic mass is 9.85. The summed E-state index contributed by atoms with van der Waals surface area (Å²) < 4.78 is 12.2. The summed E-state index contributed by atoms with van der Waals surface area (Å²) in [5, 5.41) is 9.02. The molecule has 3 heteroatoms. The monoisotopic (exact) mass is 224 g/mol. The van der Waals surface area contributed by atoms with Crippen LogP contribution in [0, 0.1) is 5.41 Å². The van der Waals surface area contributed by atoms with Crippen LogP contribution >= 0.6 is 0 Å². The van der Waals surface area contributed by atoms with Crippen LogP contribution in [0.25, 0.3) is 0 Å². The number of carbonyl (C=O) groups is 1. The predicted molar refractivity (Wildman–Crippen MR) is 61.2 cm³/mol. The fourth-order valence-corrected chi connectivity index (χ4v) is 1.59. The van der Waals surface area contributed by atoms with Crippen LogP contribution in [0.2, 0.25) is 0 Å². The van der Waals surface area contributed by atoms with Crippen LogP contribution in [0.15, 0.2) is 24.3 Å². The normalized spacial score (nSPS) is 11.4. The molecule has 0 saturated heterocycles. The number of hydrogen-bond donors (Lipinski definition) is 1. The summed E-state index contributed by atoms with van der Waals surface area (Å²) in [7, 11) is 0. The summed E-state index contributed by atoms with van der Waals surface area (Å²) in [4.78, 5) is 11.0. The molecule has 0 heterocycles. The number of rotatable bonds is 5. The van der Waals surface area contributed by atoms with Gasteiger partial charge in [0.25, 0.3) is 0 Å². The number of aliphatic carboxylic acids is 1. The van der Waals surface area contributed by atoms with Crippen LogP contribution in [0.1, 0.15) is 25.0 Å². The molecule has 88 valence electrons. The molecule has 0 aliphatic carbocycles. The van der Waals surface area contributed by atoms with Gasteiger partial charge in [-0.15, -0.1) is 0 Å². The van der Waals surface area contributed by atoms with Crippen molar-refractivity contribution in [2.75, 3.05) is 6.67 Å². The third-order valence-electron chi connectivity index (χ3n) is 2.60. The van der Waals surface area contributed by atoms with E-state index in [1.54, 1.807) is 13.8 Å². The molecule has 2 nitrogen and oxygen atoms in total. The Bertz CT molecular complexity index is 372. The molecule has 1 N–H and O–H groups in total. The lowest BCUT2D eigenvalue weighted by Crippen LogP contribution is -2.26. The van der Waals surface area contributed by atoms with E-state index in [0.717, 1.165) is 11.1 Å². The molecule has 0 radical (unpaired) electrons. The number of benzene rings is 1. The average molecular weight is 224 g/mol. The number of hydrogen-bond acceptors (Lipinski definition) is 1. The van der Waals surface area contributed by atoms with Crippen LogP contribution in [-0.4, -0.2) is 17.8 Å². The van der Waals surface area contributed by atoms with Crippen molar-refractivity contribution < 1.29 is 14.3 Å². The first-order valence-corrected chi connectivity index (χ1v) is 5.33. The van der Waals surface area contributed by atoms with E-state index in [-0.39, 0.29) is 6.67 Å². The van der Waals surface area contributed by atoms with E-state index >= 15 is 0 Å². The Balaban J connectivity index is 2.81. The molecule has 0 spiro atoms. The van der Waals surface area contributed by atoms with Crippen molar-refractivity contribution in [1.29, 1.82) is 0 Å². The van der Waals surface area contributed by atoms with Crippen LogP contribution < -0.4 is 0 Å². The van der Waals surface area contributed by atoms with Crippen LogP contribution in [0.4, 0.5) is 4.39 Å². The second-order valence-electron chi connectivity index (χ2n) is 4.62. The maximum absolute atomic E-state index is 12.2. The molecule has 1 aromatic rings. The van der Waals surface area contributed by atoms with E-state index in [4.69, 9.17) is 5.11 Å². The second kappa shape index (κ2) is 5.10. The van der Waals surface area contributed by atoms with Crippen molar-refractivity contribution in [3.05, 3.63) is 35.4 Å². The lowest BCUT2D eigenvalue weighted by Gasteiger charge is -2.19. The molecule has 0 bridgehead atoms. The van der Waals surface area contributed by atoms with Crippen LogP contribution in [-0.2, 0) is 17.6 Å². The molecule has 0 aliphatic rings. The zero-order valence-corrected chi connectivity index (χ0v) is 9.66. The van der Waals surface area contributed by atoms with Gasteiger partial charge in [0.2, 0.25) is 0 Å². The summed E-state index contributed by atoms with van der Waals surface area (Å²) in [6.07, 6.45) is 0.851. The molecule has 0 amide bonds. The first kappa shape index (κ1) is 12.7. The maximum Gasteiger partial charge on any atom is 0.309 e. The fourth-order valence-electron chi connectivity index (χ4n) is 1.59. The van der Waals surface area contributed by atoms with E-state index in [2.05, 4.69) is 0 Å². The summed E-state index contributed by atoms with van der Waals surface area (Å²) >= 11 is 0. The zero-order valence-electron chi connectivity index (χ0n) is 9.66. The predicted octanol–water partition coefficient (Wildman–Crippen LogP) is 2.85. The standard InChI is InChI=1S/C13H17FO2/c1-13(2,12(15)16)9-11-5-3-4-10(8-11)6-7-14/h3-5,8H,6-7,9H2,1-2H3,(H,15,16). The summed E-state index contributed by atoms with van der Waals surface area (Å²) in [5.41, 5.74) is 1.08. The van der Waals surface area contributed by atoms with Crippen molar-refractivity contribution in [3.63, 3.8) is 0 Å². The number of carboxylic acids is 1. The highest BCUT2D eigenvalue weighted by atomic mass is 19.1. The highest BCUT2D eigenvalue weighted by Gasteiger charge is 2.27. The van der Waals surface area contributed by atoms with E-state index in [0.29, 0.717) is 12.8 Å². The third kappa shape index (κ3) is 3.33. The Morgan fingerprint density at radius 1 is 1.38 bits per heavy atom. The first-order chi connectivity index (χ1) is 7.45. The largest absolute Gasteiger partial charge is 0.481 e. The van der Waals surface area contributed by atoms with E-state index in [1.807, 2.05) is 24.3 Å². The molecule has 0 aromatic heterocycles. The molecule has 1 aromatic carbocycles. The average Bonchev–Trinajstić information content (AvgIpc) is 2.17. The van der Waals surface area contributed by atoms with Gasteiger partial charge in [-0.2, -0.15) is 0 Å². The summed E-state index contributed by atoms with van der Waals surface area (Å²) in [5.74, 6) is -0.816. The molecule has 0 atom stereocenters. The van der Waals surface area contributed by atoms with Crippen LogP contribution in [0.5, 0.6) is 0 Å². The van der Waals surface area contributed by atoms with Gasteiger partial charge in [-0.3, -0.25) is 9.18 Å². The van der Waals surface area contributed by atoms with Crippen molar-refractivity contribution >= 4 is 5.97 Å². The summed E-state index contributed by atoms with van der Waals surface area (Å²) in [6, 6.07) is 7.46. The van der Waals surface area contributed by atoms with Gasteiger partial charge in [-0.05, 0) is 31.4 Å². The van der Waals surface area contributed by atoms with Crippen molar-refractivity contribution in [1.82, 2.24) is 0 Å². The van der Waals surface area contributed by atoms with Gasteiger partial charge >= 0.3 is 5.97 Å².